The van der Waals surface area contributed by atoms with Crippen molar-refractivity contribution in [2.45, 2.75) is 57.7 Å². The smallest absolute Gasteiger partial charge is 0.416 e. The molecule has 0 radical (unpaired) electrons. The van der Waals surface area contributed by atoms with Gasteiger partial charge >= 0.3 is 6.18 Å². The van der Waals surface area contributed by atoms with Crippen molar-refractivity contribution in [1.82, 2.24) is 10.2 Å². The van der Waals surface area contributed by atoms with Crippen molar-refractivity contribution in [3.63, 3.8) is 0 Å². The number of alkyl halides is 3. The van der Waals surface area contributed by atoms with Gasteiger partial charge < -0.3 is 19.7 Å². The maximum atomic E-state index is 13.4. The molecule has 1 N–H and O–H groups in total. The molecule has 0 aromatic heterocycles. The Morgan fingerprint density at radius 1 is 1.11 bits per heavy atom. The lowest BCUT2D eigenvalue weighted by Crippen LogP contribution is -2.53. The first-order valence-electron chi connectivity index (χ1n) is 12.8. The van der Waals surface area contributed by atoms with Crippen LogP contribution in [0.3, 0.4) is 0 Å². The molecule has 1 spiro atoms. The lowest BCUT2D eigenvalue weighted by molar-refractivity contribution is -0.142. The Hall–Kier alpha value is -3.23. The summed E-state index contributed by atoms with van der Waals surface area (Å²) in [5.41, 5.74) is -0.225. The average Bonchev–Trinajstić information content (AvgIpc) is 2.88. The van der Waals surface area contributed by atoms with E-state index in [-0.39, 0.29) is 30.2 Å². The minimum absolute atomic E-state index is 0.00636. The van der Waals surface area contributed by atoms with E-state index >= 15 is 0 Å². The van der Waals surface area contributed by atoms with E-state index in [1.54, 1.807) is 4.90 Å². The van der Waals surface area contributed by atoms with Crippen LogP contribution in [-0.4, -0.2) is 49.1 Å². The number of aryl methyl sites for hydroxylation is 1. The van der Waals surface area contributed by atoms with Gasteiger partial charge in [0.05, 0.1) is 17.0 Å². The van der Waals surface area contributed by atoms with E-state index in [1.165, 1.54) is 12.1 Å². The maximum absolute atomic E-state index is 13.4. The highest BCUT2D eigenvalue weighted by Crippen LogP contribution is 2.38. The highest BCUT2D eigenvalue weighted by Gasteiger charge is 2.42. The number of para-hydroxylation sites is 1. The molecule has 200 valence electrons. The van der Waals surface area contributed by atoms with Gasteiger partial charge in [-0.15, -0.1) is 0 Å². The van der Waals surface area contributed by atoms with Gasteiger partial charge in [-0.25, -0.2) is 0 Å². The third kappa shape index (κ3) is 6.76. The number of benzene rings is 2. The lowest BCUT2D eigenvalue weighted by atomic mass is 9.73. The number of carbonyl (C=O) groups excluding carboxylic acids is 2. The molecular formula is C28H33F3N2O4. The largest absolute Gasteiger partial charge is 0.491 e. The SMILES string of the molecule is C[C@@H]1COc2ccccc2CCCCC2(CCN(C(=O)COc3cccc(C(F)(F)F)c3)CC2)C(=O)N1. The van der Waals surface area contributed by atoms with E-state index in [4.69, 9.17) is 9.47 Å². The van der Waals surface area contributed by atoms with Crippen molar-refractivity contribution >= 4 is 11.8 Å². The number of hydrogen-bond acceptors (Lipinski definition) is 4. The molecule has 6 nitrogen and oxygen atoms in total. The number of nitrogens with zero attached hydrogens (tertiary/aromatic N) is 1. The molecule has 0 aliphatic carbocycles. The van der Waals surface area contributed by atoms with Crippen LogP contribution in [0.15, 0.2) is 48.5 Å². The highest BCUT2D eigenvalue weighted by molar-refractivity contribution is 5.84. The standard InChI is InChI=1S/C28H33F3N2O4/c1-20-18-37-24-11-3-2-7-21(24)8-4-5-12-27(26(35)32-20)13-15-33(16-14-27)25(34)19-36-23-10-6-9-22(17-23)28(29,30)31/h2-3,6-7,9-11,17,20H,4-5,8,12-16,18-19H2,1H3,(H,32,35)/t20-/m1/s1. The first-order chi connectivity index (χ1) is 17.7. The summed E-state index contributed by atoms with van der Waals surface area (Å²) in [5, 5.41) is 3.11. The van der Waals surface area contributed by atoms with Gasteiger partial charge in [-0.1, -0.05) is 30.7 Å². The van der Waals surface area contributed by atoms with Gasteiger partial charge in [-0.3, -0.25) is 9.59 Å². The van der Waals surface area contributed by atoms with E-state index in [0.29, 0.717) is 32.5 Å². The summed E-state index contributed by atoms with van der Waals surface area (Å²) in [6.07, 6.45) is -0.0133. The van der Waals surface area contributed by atoms with E-state index < -0.39 is 17.2 Å². The number of halogens is 3. The fraction of sp³-hybridized carbons (Fsp3) is 0.500. The maximum Gasteiger partial charge on any atom is 0.416 e. The number of likely N-dealkylation sites (tertiary alicyclic amines) is 1. The van der Waals surface area contributed by atoms with Crippen LogP contribution in [-0.2, 0) is 22.2 Å². The molecule has 2 aliphatic rings. The highest BCUT2D eigenvalue weighted by atomic mass is 19.4. The van der Waals surface area contributed by atoms with Gasteiger partial charge in [0.1, 0.15) is 18.1 Å². The van der Waals surface area contributed by atoms with Crippen molar-refractivity contribution in [3.8, 4) is 11.5 Å². The van der Waals surface area contributed by atoms with Gasteiger partial charge in [0.15, 0.2) is 6.61 Å². The van der Waals surface area contributed by atoms with Crippen LogP contribution in [0.25, 0.3) is 0 Å². The van der Waals surface area contributed by atoms with Gasteiger partial charge in [-0.05, 0) is 68.9 Å². The summed E-state index contributed by atoms with van der Waals surface area (Å²) in [6.45, 7) is 2.73. The van der Waals surface area contributed by atoms with Crippen LogP contribution in [0.2, 0.25) is 0 Å². The van der Waals surface area contributed by atoms with Crippen LogP contribution in [0.5, 0.6) is 11.5 Å². The molecule has 37 heavy (non-hydrogen) atoms. The van der Waals surface area contributed by atoms with Gasteiger partial charge in [0.25, 0.3) is 5.91 Å². The molecule has 2 heterocycles. The van der Waals surface area contributed by atoms with Crippen LogP contribution in [0, 0.1) is 5.41 Å². The van der Waals surface area contributed by atoms with Crippen molar-refractivity contribution in [2.24, 2.45) is 5.41 Å². The van der Waals surface area contributed by atoms with Gasteiger partial charge in [-0.2, -0.15) is 13.2 Å². The number of piperidine rings is 1. The Balaban J connectivity index is 1.35. The molecule has 1 saturated heterocycles. The van der Waals surface area contributed by atoms with Gasteiger partial charge in [0.2, 0.25) is 5.91 Å². The van der Waals surface area contributed by atoms with Crippen molar-refractivity contribution in [2.75, 3.05) is 26.3 Å². The van der Waals surface area contributed by atoms with Crippen molar-refractivity contribution in [1.29, 1.82) is 0 Å². The first-order valence-corrected chi connectivity index (χ1v) is 12.8. The van der Waals surface area contributed by atoms with E-state index in [9.17, 15) is 22.8 Å². The molecule has 1 atom stereocenters. The Kier molecular flexibility index (Phi) is 8.29. The topological polar surface area (TPSA) is 67.9 Å². The summed E-state index contributed by atoms with van der Waals surface area (Å²) in [7, 11) is 0. The Morgan fingerprint density at radius 2 is 1.86 bits per heavy atom. The van der Waals surface area contributed by atoms with E-state index in [0.717, 1.165) is 49.1 Å². The second-order valence-electron chi connectivity index (χ2n) is 9.98. The van der Waals surface area contributed by atoms with Crippen LogP contribution in [0.4, 0.5) is 13.2 Å². The second-order valence-corrected chi connectivity index (χ2v) is 9.98. The molecular weight excluding hydrogens is 485 g/mol. The number of nitrogens with one attached hydrogen (secondary N) is 1. The fourth-order valence-corrected chi connectivity index (χ4v) is 5.04. The normalized spacial score (nSPS) is 20.6. The summed E-state index contributed by atoms with van der Waals surface area (Å²) < 4.78 is 50.1. The zero-order chi connectivity index (χ0) is 26.5. The van der Waals surface area contributed by atoms with E-state index in [2.05, 4.69) is 11.4 Å². The molecule has 1 fully saturated rings. The number of amides is 2. The number of ether oxygens (including phenoxy) is 2. The monoisotopic (exact) mass is 518 g/mol. The molecule has 2 aliphatic heterocycles. The minimum atomic E-state index is -4.48. The van der Waals surface area contributed by atoms with Gasteiger partial charge in [0, 0.05) is 13.1 Å². The third-order valence-corrected chi connectivity index (χ3v) is 7.27. The second kappa shape index (κ2) is 11.4. The number of carbonyl (C=O) groups is 2. The predicted octanol–water partition coefficient (Wildman–Crippen LogP) is 5.00. The summed E-state index contributed by atoms with van der Waals surface area (Å²) in [5.74, 6) is 0.537. The fourth-order valence-electron chi connectivity index (χ4n) is 5.04. The zero-order valence-corrected chi connectivity index (χ0v) is 21.0. The number of rotatable bonds is 3. The number of fused-ring (bicyclic) bond motifs is 1. The molecule has 9 heteroatoms. The molecule has 0 bridgehead atoms. The molecule has 0 unspecified atom stereocenters. The van der Waals surface area contributed by atoms with Crippen molar-refractivity contribution < 1.29 is 32.2 Å². The van der Waals surface area contributed by atoms with Crippen LogP contribution in [0.1, 0.15) is 50.2 Å². The van der Waals surface area contributed by atoms with E-state index in [1.807, 2.05) is 25.1 Å². The summed E-state index contributed by atoms with van der Waals surface area (Å²) in [6, 6.07) is 12.3. The Bertz CT molecular complexity index is 1100. The first kappa shape index (κ1) is 26.8. The molecule has 2 aromatic rings. The minimum Gasteiger partial charge on any atom is -0.491 e. The lowest BCUT2D eigenvalue weighted by Gasteiger charge is -2.41. The van der Waals surface area contributed by atoms with Crippen LogP contribution < -0.4 is 14.8 Å². The zero-order valence-electron chi connectivity index (χ0n) is 21.0. The molecule has 4 rings (SSSR count). The average molecular weight is 519 g/mol. The van der Waals surface area contributed by atoms with Crippen LogP contribution >= 0.6 is 0 Å². The quantitative estimate of drug-likeness (QED) is 0.621. The Labute approximate surface area is 215 Å². The summed E-state index contributed by atoms with van der Waals surface area (Å²) >= 11 is 0. The molecule has 0 saturated carbocycles. The molecule has 2 amide bonds. The third-order valence-electron chi connectivity index (χ3n) is 7.27. The van der Waals surface area contributed by atoms with Crippen molar-refractivity contribution in [3.05, 3.63) is 59.7 Å². The number of hydrogen-bond donors (Lipinski definition) is 1. The predicted molar refractivity (Wildman–Crippen MR) is 132 cm³/mol. The Morgan fingerprint density at radius 3 is 2.62 bits per heavy atom. The molecule has 2 aromatic carbocycles. The summed E-state index contributed by atoms with van der Waals surface area (Å²) in [4.78, 5) is 27.8.